The molecule has 0 saturated carbocycles. The van der Waals surface area contributed by atoms with Gasteiger partial charge in [-0.3, -0.25) is 4.79 Å². The number of H-pyrrole nitrogens is 2. The van der Waals surface area contributed by atoms with Crippen LogP contribution in [0.4, 0.5) is 0 Å². The first kappa shape index (κ1) is 11.1. The lowest BCUT2D eigenvalue weighted by Gasteiger charge is -2.02. The van der Waals surface area contributed by atoms with E-state index >= 15 is 0 Å². The summed E-state index contributed by atoms with van der Waals surface area (Å²) in [6, 6.07) is 8.82. The highest BCUT2D eigenvalue weighted by molar-refractivity contribution is 5.67. The van der Waals surface area contributed by atoms with E-state index in [1.54, 1.807) is 6.20 Å². The maximum absolute atomic E-state index is 11.1. The summed E-state index contributed by atoms with van der Waals surface area (Å²) in [6.45, 7) is 0. The zero-order valence-corrected chi connectivity index (χ0v) is 9.66. The SMILES string of the molecule is O=c1[nH]cc(-c2ccc(-c3nnn[nH]3)cc2)cc1O. The second kappa shape index (κ2) is 4.37. The molecular weight excluding hydrogens is 246 g/mol. The van der Waals surface area contributed by atoms with Crippen molar-refractivity contribution in [1.82, 2.24) is 25.6 Å². The first-order chi connectivity index (χ1) is 9.24. The topological polar surface area (TPSA) is 108 Å². The predicted molar refractivity (Wildman–Crippen MR) is 67.3 cm³/mol. The van der Waals surface area contributed by atoms with Crippen molar-refractivity contribution in [2.45, 2.75) is 0 Å². The Hall–Kier alpha value is -2.96. The van der Waals surface area contributed by atoms with Gasteiger partial charge in [0.1, 0.15) is 0 Å². The molecular formula is C12H9N5O2. The number of aromatic nitrogens is 5. The second-order valence-corrected chi connectivity index (χ2v) is 3.93. The van der Waals surface area contributed by atoms with Crippen molar-refractivity contribution in [2.75, 3.05) is 0 Å². The summed E-state index contributed by atoms with van der Waals surface area (Å²) in [5.41, 5.74) is 1.93. The average Bonchev–Trinajstić information content (AvgIpc) is 2.96. The fourth-order valence-electron chi connectivity index (χ4n) is 1.74. The Bertz CT molecular complexity index is 747. The van der Waals surface area contributed by atoms with Gasteiger partial charge >= 0.3 is 0 Å². The van der Waals surface area contributed by atoms with E-state index < -0.39 is 5.56 Å². The molecule has 19 heavy (non-hydrogen) atoms. The summed E-state index contributed by atoms with van der Waals surface area (Å²) in [4.78, 5) is 13.5. The zero-order chi connectivity index (χ0) is 13.2. The van der Waals surface area contributed by atoms with Gasteiger partial charge in [0.25, 0.3) is 5.56 Å². The van der Waals surface area contributed by atoms with Crippen LogP contribution in [0.25, 0.3) is 22.5 Å². The number of aromatic hydroxyl groups is 1. The van der Waals surface area contributed by atoms with Crippen molar-refractivity contribution in [3.63, 3.8) is 0 Å². The van der Waals surface area contributed by atoms with Crippen LogP contribution in [0.3, 0.4) is 0 Å². The van der Waals surface area contributed by atoms with Crippen LogP contribution in [0, 0.1) is 0 Å². The molecule has 3 aromatic rings. The molecule has 2 heterocycles. The van der Waals surface area contributed by atoms with Crippen LogP contribution in [-0.4, -0.2) is 30.7 Å². The highest BCUT2D eigenvalue weighted by Crippen LogP contribution is 2.23. The number of benzene rings is 1. The molecule has 3 rings (SSSR count). The van der Waals surface area contributed by atoms with Gasteiger partial charge in [-0.2, -0.15) is 0 Å². The molecule has 3 N–H and O–H groups in total. The number of aromatic amines is 2. The fraction of sp³-hybridized carbons (Fsp3) is 0. The Morgan fingerprint density at radius 3 is 2.42 bits per heavy atom. The van der Waals surface area contributed by atoms with Crippen LogP contribution in [0.5, 0.6) is 5.75 Å². The summed E-state index contributed by atoms with van der Waals surface area (Å²) >= 11 is 0. The van der Waals surface area contributed by atoms with Crippen LogP contribution in [-0.2, 0) is 0 Å². The molecule has 0 saturated heterocycles. The summed E-state index contributed by atoms with van der Waals surface area (Å²) < 4.78 is 0. The highest BCUT2D eigenvalue weighted by Gasteiger charge is 2.04. The maximum atomic E-state index is 11.1. The number of hydrogen-bond donors (Lipinski definition) is 3. The molecule has 0 amide bonds. The molecule has 0 bridgehead atoms. The minimum atomic E-state index is -0.506. The Kier molecular flexibility index (Phi) is 2.57. The van der Waals surface area contributed by atoms with E-state index in [0.29, 0.717) is 5.82 Å². The molecule has 0 fully saturated rings. The van der Waals surface area contributed by atoms with E-state index in [2.05, 4.69) is 25.6 Å². The number of nitrogens with one attached hydrogen (secondary N) is 2. The number of rotatable bonds is 2. The summed E-state index contributed by atoms with van der Waals surface area (Å²) in [5.74, 6) is 0.275. The third-order valence-corrected chi connectivity index (χ3v) is 2.72. The van der Waals surface area contributed by atoms with Crippen molar-refractivity contribution in [2.24, 2.45) is 0 Å². The van der Waals surface area contributed by atoms with Gasteiger partial charge < -0.3 is 10.1 Å². The van der Waals surface area contributed by atoms with Gasteiger partial charge in [0.2, 0.25) is 0 Å². The van der Waals surface area contributed by atoms with E-state index in [9.17, 15) is 9.90 Å². The van der Waals surface area contributed by atoms with Crippen molar-refractivity contribution in [1.29, 1.82) is 0 Å². The lowest BCUT2D eigenvalue weighted by atomic mass is 10.1. The molecule has 7 heteroatoms. The summed E-state index contributed by atoms with van der Waals surface area (Å²) in [5, 5.41) is 22.9. The molecule has 7 nitrogen and oxygen atoms in total. The van der Waals surface area contributed by atoms with E-state index in [0.717, 1.165) is 16.7 Å². The van der Waals surface area contributed by atoms with Crippen molar-refractivity contribution < 1.29 is 5.11 Å². The predicted octanol–water partition coefficient (Wildman–Crippen LogP) is 0.928. The Balaban J connectivity index is 1.98. The van der Waals surface area contributed by atoms with Gasteiger partial charge in [0.15, 0.2) is 11.6 Å². The first-order valence-corrected chi connectivity index (χ1v) is 5.50. The van der Waals surface area contributed by atoms with E-state index in [-0.39, 0.29) is 5.75 Å². The minimum absolute atomic E-state index is 0.305. The van der Waals surface area contributed by atoms with Crippen molar-refractivity contribution in [3.8, 4) is 28.3 Å². The quantitative estimate of drug-likeness (QED) is 0.631. The molecule has 0 aliphatic rings. The summed E-state index contributed by atoms with van der Waals surface area (Å²) in [7, 11) is 0. The van der Waals surface area contributed by atoms with Gasteiger partial charge in [0.05, 0.1) is 0 Å². The molecule has 0 atom stereocenters. The van der Waals surface area contributed by atoms with E-state index in [1.165, 1.54) is 6.07 Å². The molecule has 0 radical (unpaired) electrons. The molecule has 1 aromatic carbocycles. The smallest absolute Gasteiger partial charge is 0.290 e. The first-order valence-electron chi connectivity index (χ1n) is 5.50. The van der Waals surface area contributed by atoms with Crippen LogP contribution in [0.2, 0.25) is 0 Å². The third-order valence-electron chi connectivity index (χ3n) is 2.72. The number of nitrogens with zero attached hydrogens (tertiary/aromatic N) is 3. The van der Waals surface area contributed by atoms with Crippen molar-refractivity contribution >= 4 is 0 Å². The van der Waals surface area contributed by atoms with E-state index in [4.69, 9.17) is 0 Å². The van der Waals surface area contributed by atoms with Gasteiger partial charge in [-0.1, -0.05) is 24.3 Å². The molecule has 2 aromatic heterocycles. The molecule has 0 aliphatic carbocycles. The largest absolute Gasteiger partial charge is 0.503 e. The van der Waals surface area contributed by atoms with E-state index in [1.807, 2.05) is 24.3 Å². The molecule has 0 unspecified atom stereocenters. The van der Waals surface area contributed by atoms with Gasteiger partial charge in [-0.25, -0.2) is 5.10 Å². The maximum Gasteiger partial charge on any atom is 0.290 e. The number of pyridine rings is 1. The Labute approximate surface area is 106 Å². The Morgan fingerprint density at radius 2 is 1.79 bits per heavy atom. The van der Waals surface area contributed by atoms with Crippen LogP contribution < -0.4 is 5.56 Å². The number of hydrogen-bond acceptors (Lipinski definition) is 5. The molecule has 94 valence electrons. The van der Waals surface area contributed by atoms with Crippen molar-refractivity contribution in [3.05, 3.63) is 46.9 Å². The third kappa shape index (κ3) is 2.08. The normalized spacial score (nSPS) is 10.5. The number of tetrazole rings is 1. The lowest BCUT2D eigenvalue weighted by molar-refractivity contribution is 0.467. The zero-order valence-electron chi connectivity index (χ0n) is 9.66. The van der Waals surface area contributed by atoms with Crippen LogP contribution in [0.1, 0.15) is 0 Å². The standard InChI is InChI=1S/C12H9N5O2/c18-10-5-9(6-13-12(10)19)7-1-3-8(4-2-7)11-14-16-17-15-11/h1-6,18H,(H,13,19)(H,14,15,16,17). The minimum Gasteiger partial charge on any atom is -0.503 e. The van der Waals surface area contributed by atoms with Gasteiger partial charge in [-0.15, -0.1) is 5.10 Å². The van der Waals surface area contributed by atoms with Crippen LogP contribution >= 0.6 is 0 Å². The Morgan fingerprint density at radius 1 is 1.05 bits per heavy atom. The molecule has 0 spiro atoms. The molecule has 0 aliphatic heterocycles. The summed E-state index contributed by atoms with van der Waals surface area (Å²) in [6.07, 6.45) is 1.55. The monoisotopic (exact) mass is 255 g/mol. The highest BCUT2D eigenvalue weighted by atomic mass is 16.3. The fourth-order valence-corrected chi connectivity index (χ4v) is 1.74. The second-order valence-electron chi connectivity index (χ2n) is 3.93. The van der Waals surface area contributed by atoms with Crippen LogP contribution in [0.15, 0.2) is 41.3 Å². The van der Waals surface area contributed by atoms with Gasteiger partial charge in [-0.05, 0) is 22.1 Å². The van der Waals surface area contributed by atoms with Gasteiger partial charge in [0, 0.05) is 17.3 Å². The lowest BCUT2D eigenvalue weighted by Crippen LogP contribution is -2.03. The average molecular weight is 255 g/mol.